The van der Waals surface area contributed by atoms with E-state index in [2.05, 4.69) is 5.16 Å². The SMILES string of the molecule is CCOc1ccc(C2(C(=NO)OCc3cccc(C(=O)c4ccccc4)c3)CC(F)(F)C2(F)F)cc1. The molecule has 1 unspecified atom stereocenters. The molecule has 1 fully saturated rings. The van der Waals surface area contributed by atoms with Gasteiger partial charge in [0.1, 0.15) is 17.8 Å². The predicted octanol–water partition coefficient (Wildman–Crippen LogP) is 6.23. The Morgan fingerprint density at radius 2 is 1.61 bits per heavy atom. The van der Waals surface area contributed by atoms with Crippen molar-refractivity contribution in [1.29, 1.82) is 0 Å². The van der Waals surface area contributed by atoms with Crippen LogP contribution in [0.5, 0.6) is 5.75 Å². The standard InChI is InChI=1S/C27H23F4NO4/c1-2-35-22-13-11-21(12-14-22)25(17-26(28,29)27(25,30)31)24(32-34)36-16-18-7-6-10-20(15-18)23(33)19-8-4-3-5-9-19/h3-15,34H,2,16-17H2,1H3. The first-order chi connectivity index (χ1) is 17.2. The second-order valence-electron chi connectivity index (χ2n) is 8.41. The maximum Gasteiger partial charge on any atom is 0.328 e. The Morgan fingerprint density at radius 3 is 2.19 bits per heavy atom. The molecule has 0 bridgehead atoms. The van der Waals surface area contributed by atoms with Gasteiger partial charge in [0.2, 0.25) is 5.90 Å². The Bertz CT molecular complexity index is 1260. The monoisotopic (exact) mass is 501 g/mol. The molecule has 5 nitrogen and oxygen atoms in total. The fourth-order valence-corrected chi connectivity index (χ4v) is 4.33. The summed E-state index contributed by atoms with van der Waals surface area (Å²) < 4.78 is 68.8. The topological polar surface area (TPSA) is 68.1 Å². The summed E-state index contributed by atoms with van der Waals surface area (Å²) in [6.45, 7) is 1.68. The second-order valence-corrected chi connectivity index (χ2v) is 8.41. The second kappa shape index (κ2) is 9.64. The van der Waals surface area contributed by atoms with Crippen LogP contribution in [0.2, 0.25) is 0 Å². The number of carbonyl (C=O) groups is 1. The molecular formula is C27H23F4NO4. The average Bonchev–Trinajstić information content (AvgIpc) is 2.89. The summed E-state index contributed by atoms with van der Waals surface area (Å²) in [7, 11) is 0. The van der Waals surface area contributed by atoms with E-state index in [0.717, 1.165) is 0 Å². The van der Waals surface area contributed by atoms with Crippen molar-refractivity contribution in [2.45, 2.75) is 37.2 Å². The van der Waals surface area contributed by atoms with Gasteiger partial charge in [-0.2, -0.15) is 17.6 Å². The Morgan fingerprint density at radius 1 is 0.944 bits per heavy atom. The lowest BCUT2D eigenvalue weighted by Gasteiger charge is -2.53. The van der Waals surface area contributed by atoms with Gasteiger partial charge in [0, 0.05) is 17.5 Å². The summed E-state index contributed by atoms with van der Waals surface area (Å²) in [5, 5.41) is 12.5. The lowest BCUT2D eigenvalue weighted by molar-refractivity contribution is -0.312. The van der Waals surface area contributed by atoms with E-state index >= 15 is 0 Å². The highest BCUT2D eigenvalue weighted by Gasteiger charge is 2.83. The molecule has 3 aromatic rings. The third kappa shape index (κ3) is 4.19. The van der Waals surface area contributed by atoms with Gasteiger partial charge < -0.3 is 14.7 Å². The van der Waals surface area contributed by atoms with Gasteiger partial charge in [-0.3, -0.25) is 4.79 Å². The molecule has 1 N–H and O–H groups in total. The fourth-order valence-electron chi connectivity index (χ4n) is 4.33. The summed E-state index contributed by atoms with van der Waals surface area (Å²) in [5.41, 5.74) is -1.71. The Kier molecular flexibility index (Phi) is 6.75. The van der Waals surface area contributed by atoms with Crippen LogP contribution in [0.4, 0.5) is 17.6 Å². The summed E-state index contributed by atoms with van der Waals surface area (Å²) >= 11 is 0. The third-order valence-corrected chi connectivity index (χ3v) is 6.20. The molecule has 4 rings (SSSR count). The molecule has 9 heteroatoms. The number of benzene rings is 3. The highest BCUT2D eigenvalue weighted by molar-refractivity contribution is 6.09. The van der Waals surface area contributed by atoms with Crippen LogP contribution in [0.1, 0.15) is 40.4 Å². The average molecular weight is 501 g/mol. The molecule has 0 radical (unpaired) electrons. The minimum absolute atomic E-state index is 0.206. The number of halogens is 4. The number of hydrogen-bond acceptors (Lipinski definition) is 5. The Balaban J connectivity index is 1.61. The van der Waals surface area contributed by atoms with Crippen molar-refractivity contribution in [1.82, 2.24) is 0 Å². The lowest BCUT2D eigenvalue weighted by atomic mass is 9.58. The van der Waals surface area contributed by atoms with E-state index in [0.29, 0.717) is 29.0 Å². The van der Waals surface area contributed by atoms with Crippen LogP contribution in [0, 0.1) is 0 Å². The number of ketones is 1. The number of ether oxygens (including phenoxy) is 2. The zero-order valence-electron chi connectivity index (χ0n) is 19.3. The Labute approximate surface area is 205 Å². The largest absolute Gasteiger partial charge is 0.494 e. The Hall–Kier alpha value is -3.88. The van der Waals surface area contributed by atoms with Gasteiger partial charge in [-0.25, -0.2) is 0 Å². The molecule has 1 saturated carbocycles. The van der Waals surface area contributed by atoms with Crippen molar-refractivity contribution in [2.24, 2.45) is 5.16 Å². The van der Waals surface area contributed by atoms with Gasteiger partial charge in [-0.1, -0.05) is 65.8 Å². The first-order valence-electron chi connectivity index (χ1n) is 11.2. The molecule has 0 heterocycles. The van der Waals surface area contributed by atoms with Crippen LogP contribution in [-0.2, 0) is 16.8 Å². The van der Waals surface area contributed by atoms with Crippen LogP contribution in [-0.4, -0.2) is 35.3 Å². The molecule has 0 saturated heterocycles. The van der Waals surface area contributed by atoms with E-state index in [1.54, 1.807) is 55.5 Å². The predicted molar refractivity (Wildman–Crippen MR) is 124 cm³/mol. The summed E-state index contributed by atoms with van der Waals surface area (Å²) in [5.74, 6) is -9.74. The molecule has 1 atom stereocenters. The highest BCUT2D eigenvalue weighted by atomic mass is 19.3. The summed E-state index contributed by atoms with van der Waals surface area (Å²) in [6.07, 6.45) is -1.31. The third-order valence-electron chi connectivity index (χ3n) is 6.20. The zero-order valence-corrected chi connectivity index (χ0v) is 19.3. The first kappa shape index (κ1) is 25.2. The number of alkyl halides is 4. The van der Waals surface area contributed by atoms with E-state index in [-0.39, 0.29) is 11.3 Å². The van der Waals surface area contributed by atoms with Gasteiger partial charge in [-0.15, -0.1) is 0 Å². The molecule has 0 aliphatic heterocycles. The summed E-state index contributed by atoms with van der Waals surface area (Å²) in [6, 6.07) is 20.0. The van der Waals surface area contributed by atoms with Crippen molar-refractivity contribution in [3.05, 3.63) is 101 Å². The van der Waals surface area contributed by atoms with E-state index in [9.17, 15) is 27.6 Å². The van der Waals surface area contributed by atoms with E-state index in [4.69, 9.17) is 9.47 Å². The van der Waals surface area contributed by atoms with Crippen LogP contribution in [0.3, 0.4) is 0 Å². The van der Waals surface area contributed by atoms with E-state index in [1.165, 1.54) is 30.3 Å². The molecule has 0 aromatic heterocycles. The number of carbonyl (C=O) groups excluding carboxylic acids is 1. The van der Waals surface area contributed by atoms with Crippen LogP contribution < -0.4 is 4.74 Å². The molecule has 3 aromatic carbocycles. The smallest absolute Gasteiger partial charge is 0.328 e. The lowest BCUT2D eigenvalue weighted by Crippen LogP contribution is -2.72. The molecule has 1 aliphatic carbocycles. The number of rotatable bonds is 8. The number of nitrogens with zero attached hydrogens (tertiary/aromatic N) is 1. The van der Waals surface area contributed by atoms with Crippen LogP contribution in [0.15, 0.2) is 84.0 Å². The maximum atomic E-state index is 15.0. The molecule has 0 spiro atoms. The van der Waals surface area contributed by atoms with E-state index in [1.807, 2.05) is 0 Å². The van der Waals surface area contributed by atoms with Gasteiger partial charge >= 0.3 is 11.8 Å². The van der Waals surface area contributed by atoms with Gasteiger partial charge in [-0.05, 0) is 36.2 Å². The van der Waals surface area contributed by atoms with Crippen molar-refractivity contribution in [3.8, 4) is 5.75 Å². The minimum Gasteiger partial charge on any atom is -0.494 e. The summed E-state index contributed by atoms with van der Waals surface area (Å²) in [4.78, 5) is 12.7. The molecule has 0 amide bonds. The minimum atomic E-state index is -4.58. The van der Waals surface area contributed by atoms with Crippen molar-refractivity contribution in [2.75, 3.05) is 6.61 Å². The van der Waals surface area contributed by atoms with E-state index < -0.39 is 36.2 Å². The number of hydrogen-bond donors (Lipinski definition) is 1. The fraction of sp³-hybridized carbons (Fsp3) is 0.259. The zero-order chi connectivity index (χ0) is 26.0. The van der Waals surface area contributed by atoms with Crippen molar-refractivity contribution in [3.63, 3.8) is 0 Å². The molecule has 1 aliphatic rings. The normalized spacial score (nSPS) is 20.3. The molecule has 36 heavy (non-hydrogen) atoms. The maximum absolute atomic E-state index is 15.0. The molecular weight excluding hydrogens is 478 g/mol. The van der Waals surface area contributed by atoms with Crippen molar-refractivity contribution < 1.29 is 37.0 Å². The van der Waals surface area contributed by atoms with Crippen molar-refractivity contribution >= 4 is 11.7 Å². The van der Waals surface area contributed by atoms with Gasteiger partial charge in [0.05, 0.1) is 6.61 Å². The van der Waals surface area contributed by atoms with Crippen LogP contribution >= 0.6 is 0 Å². The first-order valence-corrected chi connectivity index (χ1v) is 11.2. The van der Waals surface area contributed by atoms with Gasteiger partial charge in [0.25, 0.3) is 0 Å². The van der Waals surface area contributed by atoms with Crippen LogP contribution in [0.25, 0.3) is 0 Å². The molecule has 188 valence electrons. The highest BCUT2D eigenvalue weighted by Crippen LogP contribution is 2.64. The number of oxime groups is 1. The quantitative estimate of drug-likeness (QED) is 0.0992. The van der Waals surface area contributed by atoms with Gasteiger partial charge in [0.15, 0.2) is 5.78 Å².